The molecule has 1 aliphatic heterocycles. The molecular formula is C21H27BN4O5. The van der Waals surface area contributed by atoms with Crippen molar-refractivity contribution in [2.24, 2.45) is 5.92 Å². The third kappa shape index (κ3) is 5.26. The van der Waals surface area contributed by atoms with E-state index in [4.69, 9.17) is 4.65 Å². The molecule has 5 N–H and O–H groups in total. The third-order valence-electron chi connectivity index (χ3n) is 6.15. The lowest BCUT2D eigenvalue weighted by Gasteiger charge is -2.31. The van der Waals surface area contributed by atoms with Crippen LogP contribution in [0.15, 0.2) is 30.7 Å². The normalized spacial score (nSPS) is 23.0. The van der Waals surface area contributed by atoms with Gasteiger partial charge in [-0.25, -0.2) is 9.78 Å². The Morgan fingerprint density at radius 1 is 1.26 bits per heavy atom. The fourth-order valence-corrected chi connectivity index (χ4v) is 4.45. The number of aromatic carboxylic acids is 1. The zero-order valence-electron chi connectivity index (χ0n) is 17.2. The molecule has 9 nitrogen and oxygen atoms in total. The molecule has 0 spiro atoms. The standard InChI is InChI=1S/C21H27BN4O5/c27-19(8-13-4-6-15(7-5-13)24-11-16-10-23-12-25-16)26-18-9-14-2-1-3-17(21(28)29)20(14)31-22(18)30/h1-3,10,12-13,15,18,24,30H,4-9,11H2,(H,23,25)(H,26,27)(H,28,29). The topological polar surface area (TPSA) is 137 Å². The van der Waals surface area contributed by atoms with Crippen molar-refractivity contribution in [2.45, 2.75) is 57.1 Å². The molecule has 1 aromatic heterocycles. The molecule has 2 aliphatic rings. The second-order valence-corrected chi connectivity index (χ2v) is 8.37. The minimum atomic E-state index is -1.28. The van der Waals surface area contributed by atoms with E-state index in [1.165, 1.54) is 6.07 Å². The minimum absolute atomic E-state index is 0.0132. The second-order valence-electron chi connectivity index (χ2n) is 8.37. The molecule has 1 atom stereocenters. The first kappa shape index (κ1) is 21.4. The van der Waals surface area contributed by atoms with Crippen molar-refractivity contribution in [3.05, 3.63) is 47.5 Å². The first-order valence-corrected chi connectivity index (χ1v) is 10.7. The summed E-state index contributed by atoms with van der Waals surface area (Å²) in [6.07, 6.45) is 8.22. The largest absolute Gasteiger partial charge is 0.547 e. The molecule has 4 rings (SSSR count). The van der Waals surface area contributed by atoms with Gasteiger partial charge in [-0.15, -0.1) is 0 Å². The van der Waals surface area contributed by atoms with Gasteiger partial charge in [0.05, 0.1) is 17.8 Å². The molecular weight excluding hydrogens is 399 g/mol. The highest BCUT2D eigenvalue weighted by Gasteiger charge is 2.38. The summed E-state index contributed by atoms with van der Waals surface area (Å²) < 4.78 is 5.44. The van der Waals surface area contributed by atoms with Gasteiger partial charge in [-0.1, -0.05) is 12.1 Å². The number of para-hydroxylation sites is 1. The number of hydrogen-bond donors (Lipinski definition) is 5. The maximum absolute atomic E-state index is 12.6. The SMILES string of the molecule is O=C(CC1CCC(NCc2cnc[nH]2)CC1)NC1Cc2cccc(C(=O)O)c2OB1O. The number of carboxylic acids is 1. The van der Waals surface area contributed by atoms with Crippen LogP contribution in [-0.4, -0.2) is 51.1 Å². The predicted octanol–water partition coefficient (Wildman–Crippen LogP) is 1.29. The number of carbonyl (C=O) groups excluding carboxylic acids is 1. The van der Waals surface area contributed by atoms with E-state index in [0.29, 0.717) is 30.4 Å². The number of carbonyl (C=O) groups is 2. The average Bonchev–Trinajstić information content (AvgIpc) is 3.27. The summed E-state index contributed by atoms with van der Waals surface area (Å²) in [6.45, 7) is 0.764. The van der Waals surface area contributed by atoms with E-state index in [0.717, 1.165) is 37.9 Å². The Labute approximate surface area is 180 Å². The summed E-state index contributed by atoms with van der Waals surface area (Å²) in [5.74, 6) is -1.33. The lowest BCUT2D eigenvalue weighted by Crippen LogP contribution is -2.53. The van der Waals surface area contributed by atoms with Crippen LogP contribution >= 0.6 is 0 Å². The Morgan fingerprint density at radius 3 is 2.77 bits per heavy atom. The van der Waals surface area contributed by atoms with Crippen LogP contribution < -0.4 is 15.3 Å². The van der Waals surface area contributed by atoms with E-state index in [1.54, 1.807) is 18.5 Å². The highest BCUT2D eigenvalue weighted by molar-refractivity contribution is 6.47. The maximum atomic E-state index is 12.6. The second kappa shape index (κ2) is 9.53. The molecule has 2 heterocycles. The summed E-state index contributed by atoms with van der Waals surface area (Å²) in [6, 6.07) is 5.27. The van der Waals surface area contributed by atoms with Gasteiger partial charge in [0, 0.05) is 30.9 Å². The lowest BCUT2D eigenvalue weighted by molar-refractivity contribution is -0.122. The molecule has 2 aromatic rings. The van der Waals surface area contributed by atoms with E-state index in [-0.39, 0.29) is 17.2 Å². The van der Waals surface area contributed by atoms with Gasteiger partial charge in [0.15, 0.2) is 0 Å². The first-order chi connectivity index (χ1) is 15.0. The molecule has 1 aromatic carbocycles. The number of rotatable bonds is 7. The third-order valence-corrected chi connectivity index (χ3v) is 6.15. The molecule has 0 radical (unpaired) electrons. The highest BCUT2D eigenvalue weighted by atomic mass is 16.5. The van der Waals surface area contributed by atoms with Crippen LogP contribution in [0.25, 0.3) is 0 Å². The molecule has 31 heavy (non-hydrogen) atoms. The zero-order chi connectivity index (χ0) is 21.8. The van der Waals surface area contributed by atoms with Crippen LogP contribution in [0.4, 0.5) is 0 Å². The summed E-state index contributed by atoms with van der Waals surface area (Å²) in [7, 11) is -1.28. The van der Waals surface area contributed by atoms with E-state index in [9.17, 15) is 19.7 Å². The quantitative estimate of drug-likeness (QED) is 0.421. The van der Waals surface area contributed by atoms with Gasteiger partial charge in [0.2, 0.25) is 5.91 Å². The van der Waals surface area contributed by atoms with Crippen molar-refractivity contribution in [1.29, 1.82) is 0 Å². The van der Waals surface area contributed by atoms with Crippen molar-refractivity contribution >= 4 is 19.0 Å². The van der Waals surface area contributed by atoms with Crippen LogP contribution in [0, 0.1) is 5.92 Å². The Kier molecular flexibility index (Phi) is 6.57. The van der Waals surface area contributed by atoms with Gasteiger partial charge < -0.3 is 30.4 Å². The number of carboxylic acid groups (broad SMARTS) is 1. The van der Waals surface area contributed by atoms with Crippen LogP contribution in [0.1, 0.15) is 53.7 Å². The zero-order valence-corrected chi connectivity index (χ0v) is 17.2. The maximum Gasteiger partial charge on any atom is 0.547 e. The van der Waals surface area contributed by atoms with Gasteiger partial charge >= 0.3 is 13.1 Å². The minimum Gasteiger partial charge on any atom is -0.534 e. The van der Waals surface area contributed by atoms with Crippen LogP contribution in [0.5, 0.6) is 5.75 Å². The monoisotopic (exact) mass is 426 g/mol. The molecule has 164 valence electrons. The Hall–Kier alpha value is -2.85. The fourth-order valence-electron chi connectivity index (χ4n) is 4.45. The molecule has 1 fully saturated rings. The summed E-state index contributed by atoms with van der Waals surface area (Å²) in [5, 5.41) is 26.0. The number of benzene rings is 1. The van der Waals surface area contributed by atoms with E-state index in [2.05, 4.69) is 20.6 Å². The van der Waals surface area contributed by atoms with Crippen LogP contribution in [0.2, 0.25) is 0 Å². The fraction of sp³-hybridized carbons (Fsp3) is 0.476. The summed E-state index contributed by atoms with van der Waals surface area (Å²) in [4.78, 5) is 31.0. The average molecular weight is 426 g/mol. The van der Waals surface area contributed by atoms with Gasteiger partial charge in [0.1, 0.15) is 5.75 Å². The van der Waals surface area contributed by atoms with Crippen molar-refractivity contribution in [3.8, 4) is 5.75 Å². The smallest absolute Gasteiger partial charge is 0.534 e. The van der Waals surface area contributed by atoms with E-state index >= 15 is 0 Å². The Bertz CT molecular complexity index is 914. The molecule has 1 aliphatic carbocycles. The lowest BCUT2D eigenvalue weighted by atomic mass is 9.72. The molecule has 10 heteroatoms. The van der Waals surface area contributed by atoms with Crippen molar-refractivity contribution in [3.63, 3.8) is 0 Å². The van der Waals surface area contributed by atoms with Crippen molar-refractivity contribution < 1.29 is 24.4 Å². The summed E-state index contributed by atoms with van der Waals surface area (Å²) in [5.41, 5.74) is 1.74. The van der Waals surface area contributed by atoms with Gasteiger partial charge in [-0.2, -0.15) is 0 Å². The number of amides is 1. The van der Waals surface area contributed by atoms with Crippen LogP contribution in [-0.2, 0) is 17.8 Å². The molecule has 0 bridgehead atoms. The van der Waals surface area contributed by atoms with Crippen molar-refractivity contribution in [2.75, 3.05) is 0 Å². The van der Waals surface area contributed by atoms with Gasteiger partial charge in [0.25, 0.3) is 0 Å². The Morgan fingerprint density at radius 2 is 2.06 bits per heavy atom. The number of nitrogens with one attached hydrogen (secondary N) is 3. The summed E-state index contributed by atoms with van der Waals surface area (Å²) >= 11 is 0. The van der Waals surface area contributed by atoms with E-state index in [1.807, 2.05) is 6.20 Å². The molecule has 1 amide bonds. The predicted molar refractivity (Wildman–Crippen MR) is 113 cm³/mol. The number of aromatic nitrogens is 2. The van der Waals surface area contributed by atoms with Crippen molar-refractivity contribution in [1.82, 2.24) is 20.6 Å². The molecule has 0 saturated heterocycles. The highest BCUT2D eigenvalue weighted by Crippen LogP contribution is 2.31. The van der Waals surface area contributed by atoms with E-state index < -0.39 is 19.0 Å². The number of nitrogens with zero attached hydrogens (tertiary/aromatic N) is 1. The number of hydrogen-bond acceptors (Lipinski definition) is 6. The molecule has 1 saturated carbocycles. The number of fused-ring (bicyclic) bond motifs is 1. The Balaban J connectivity index is 1.24. The van der Waals surface area contributed by atoms with Gasteiger partial charge in [-0.05, 0) is 49.7 Å². The number of imidazole rings is 1. The van der Waals surface area contributed by atoms with Gasteiger partial charge in [-0.3, -0.25) is 4.79 Å². The number of aromatic amines is 1. The first-order valence-electron chi connectivity index (χ1n) is 10.7. The molecule has 1 unspecified atom stereocenters. The van der Waals surface area contributed by atoms with Crippen LogP contribution in [0.3, 0.4) is 0 Å². The number of H-pyrrole nitrogens is 1.